The maximum Gasteiger partial charge on any atom is 0.337 e. The van der Waals surface area contributed by atoms with Crippen LogP contribution in [0.1, 0.15) is 48.0 Å². The number of hydrogen-bond acceptors (Lipinski definition) is 6. The summed E-state index contributed by atoms with van der Waals surface area (Å²) < 4.78 is 30.0. The van der Waals surface area contributed by atoms with Crippen LogP contribution in [0.3, 0.4) is 0 Å². The third-order valence-electron chi connectivity index (χ3n) is 4.44. The second-order valence-corrected chi connectivity index (χ2v) is 8.44. The predicted molar refractivity (Wildman–Crippen MR) is 102 cm³/mol. The van der Waals surface area contributed by atoms with Crippen molar-refractivity contribution in [2.24, 2.45) is 5.10 Å². The molecule has 1 saturated carbocycles. The minimum Gasteiger partial charge on any atom is -0.465 e. The molecule has 2 rings (SSSR count). The van der Waals surface area contributed by atoms with Crippen molar-refractivity contribution in [3.63, 3.8) is 0 Å². The van der Waals surface area contributed by atoms with Crippen molar-refractivity contribution >= 4 is 28.1 Å². The Bertz CT molecular complexity index is 784. The van der Waals surface area contributed by atoms with Crippen molar-refractivity contribution < 1.29 is 22.7 Å². The molecule has 1 fully saturated rings. The molecule has 9 heteroatoms. The fourth-order valence-electron chi connectivity index (χ4n) is 3.06. The van der Waals surface area contributed by atoms with Gasteiger partial charge in [-0.15, -0.1) is 0 Å². The quantitative estimate of drug-likeness (QED) is 0.428. The number of carbonyl (C=O) groups is 2. The van der Waals surface area contributed by atoms with Crippen LogP contribution in [0.15, 0.2) is 29.4 Å². The Hall–Kier alpha value is -2.26. The molecule has 0 heterocycles. The van der Waals surface area contributed by atoms with Crippen LogP contribution in [-0.4, -0.2) is 56.8 Å². The number of hydrogen-bond donors (Lipinski definition) is 1. The zero-order valence-corrected chi connectivity index (χ0v) is 16.4. The summed E-state index contributed by atoms with van der Waals surface area (Å²) in [5.41, 5.74) is 3.44. The van der Waals surface area contributed by atoms with Gasteiger partial charge in [-0.3, -0.25) is 4.79 Å². The summed E-state index contributed by atoms with van der Waals surface area (Å²) in [5.74, 6) is -0.927. The molecule has 0 unspecified atom stereocenters. The molecule has 0 spiro atoms. The molecule has 0 atom stereocenters. The molecular weight excluding hydrogens is 370 g/mol. The molecule has 0 aliphatic heterocycles. The molecule has 0 radical (unpaired) electrons. The number of methoxy groups -OCH3 is 1. The van der Waals surface area contributed by atoms with Gasteiger partial charge in [0.2, 0.25) is 10.0 Å². The maximum absolute atomic E-state index is 12.1. The number of rotatable bonds is 7. The average molecular weight is 395 g/mol. The van der Waals surface area contributed by atoms with Gasteiger partial charge in [0.25, 0.3) is 5.91 Å². The summed E-state index contributed by atoms with van der Waals surface area (Å²) in [7, 11) is -2.17. The number of ether oxygens (including phenoxy) is 1. The van der Waals surface area contributed by atoms with Crippen LogP contribution in [0.4, 0.5) is 0 Å². The molecule has 0 aromatic heterocycles. The van der Waals surface area contributed by atoms with E-state index in [-0.39, 0.29) is 12.6 Å². The van der Waals surface area contributed by atoms with E-state index in [1.807, 2.05) is 0 Å². The highest BCUT2D eigenvalue weighted by atomic mass is 32.2. The van der Waals surface area contributed by atoms with Gasteiger partial charge in [-0.25, -0.2) is 18.6 Å². The van der Waals surface area contributed by atoms with Crippen molar-refractivity contribution in [2.75, 3.05) is 19.9 Å². The normalized spacial score (nSPS) is 15.8. The van der Waals surface area contributed by atoms with Crippen LogP contribution in [-0.2, 0) is 19.6 Å². The molecular formula is C18H25N3O5S. The molecule has 1 aromatic carbocycles. The van der Waals surface area contributed by atoms with E-state index >= 15 is 0 Å². The number of hydrazone groups is 1. The Morgan fingerprint density at radius 3 is 2.41 bits per heavy atom. The Morgan fingerprint density at radius 2 is 1.85 bits per heavy atom. The van der Waals surface area contributed by atoms with Gasteiger partial charge in [-0.1, -0.05) is 31.4 Å². The number of amides is 1. The second-order valence-electron chi connectivity index (χ2n) is 6.51. The Labute approximate surface area is 159 Å². The lowest BCUT2D eigenvalue weighted by molar-refractivity contribution is -0.121. The summed E-state index contributed by atoms with van der Waals surface area (Å²) >= 11 is 0. The van der Waals surface area contributed by atoms with Gasteiger partial charge in [-0.2, -0.15) is 9.41 Å². The van der Waals surface area contributed by atoms with E-state index in [0.717, 1.165) is 38.4 Å². The Balaban J connectivity index is 1.93. The standard InChI is InChI=1S/C18H25N3O5S/c1-26-18(23)15-10-8-14(9-11-15)12-19-20-17(22)13-21(27(2,24)25)16-6-4-3-5-7-16/h8-12,16H,3-7,13H2,1-2H3,(H,20,22). The minimum atomic E-state index is -3.48. The Morgan fingerprint density at radius 1 is 1.22 bits per heavy atom. The van der Waals surface area contributed by atoms with Crippen LogP contribution in [0.2, 0.25) is 0 Å². The third kappa shape index (κ3) is 6.44. The number of nitrogens with one attached hydrogen (secondary N) is 1. The maximum atomic E-state index is 12.1. The lowest BCUT2D eigenvalue weighted by atomic mass is 9.95. The zero-order chi connectivity index (χ0) is 19.9. The van der Waals surface area contributed by atoms with E-state index in [4.69, 9.17) is 0 Å². The first-order valence-electron chi connectivity index (χ1n) is 8.78. The fraction of sp³-hybridized carbons (Fsp3) is 0.500. The molecule has 27 heavy (non-hydrogen) atoms. The van der Waals surface area contributed by atoms with Crippen LogP contribution >= 0.6 is 0 Å². The molecule has 0 bridgehead atoms. The van der Waals surface area contributed by atoms with E-state index < -0.39 is 21.9 Å². The second kappa shape index (κ2) is 9.61. The molecule has 1 aromatic rings. The first-order valence-corrected chi connectivity index (χ1v) is 10.6. The highest BCUT2D eigenvalue weighted by Crippen LogP contribution is 2.24. The summed E-state index contributed by atoms with van der Waals surface area (Å²) in [6.45, 7) is -0.248. The van der Waals surface area contributed by atoms with Gasteiger partial charge in [0, 0.05) is 6.04 Å². The van der Waals surface area contributed by atoms with Gasteiger partial charge < -0.3 is 4.74 Å². The van der Waals surface area contributed by atoms with Crippen molar-refractivity contribution in [3.05, 3.63) is 35.4 Å². The van der Waals surface area contributed by atoms with Crippen LogP contribution in [0.25, 0.3) is 0 Å². The summed E-state index contributed by atoms with van der Waals surface area (Å²) in [4.78, 5) is 23.5. The average Bonchev–Trinajstić information content (AvgIpc) is 2.66. The minimum absolute atomic E-state index is 0.130. The van der Waals surface area contributed by atoms with Gasteiger partial charge in [0.1, 0.15) is 0 Å². The van der Waals surface area contributed by atoms with E-state index in [1.165, 1.54) is 17.6 Å². The van der Waals surface area contributed by atoms with E-state index in [0.29, 0.717) is 11.1 Å². The van der Waals surface area contributed by atoms with Crippen LogP contribution in [0, 0.1) is 0 Å². The summed E-state index contributed by atoms with van der Waals surface area (Å²) in [6.07, 6.45) is 7.13. The molecule has 8 nitrogen and oxygen atoms in total. The van der Waals surface area contributed by atoms with Gasteiger partial charge in [-0.05, 0) is 30.5 Å². The molecule has 1 aliphatic rings. The van der Waals surface area contributed by atoms with Crippen molar-refractivity contribution in [1.29, 1.82) is 0 Å². The van der Waals surface area contributed by atoms with Crippen LogP contribution in [0.5, 0.6) is 0 Å². The monoisotopic (exact) mass is 395 g/mol. The highest BCUT2D eigenvalue weighted by molar-refractivity contribution is 7.88. The topological polar surface area (TPSA) is 105 Å². The predicted octanol–water partition coefficient (Wildman–Crippen LogP) is 1.52. The number of esters is 1. The SMILES string of the molecule is COC(=O)c1ccc(C=NNC(=O)CN(C2CCCCC2)S(C)(=O)=O)cc1. The number of nitrogens with zero attached hydrogens (tertiary/aromatic N) is 2. The zero-order valence-electron chi connectivity index (χ0n) is 15.6. The molecule has 1 amide bonds. The van der Waals surface area contributed by atoms with Gasteiger partial charge in [0.15, 0.2) is 0 Å². The molecule has 148 valence electrons. The smallest absolute Gasteiger partial charge is 0.337 e. The van der Waals surface area contributed by atoms with E-state index in [9.17, 15) is 18.0 Å². The fourth-order valence-corrected chi connectivity index (χ4v) is 4.17. The number of benzene rings is 1. The van der Waals surface area contributed by atoms with Crippen molar-refractivity contribution in [3.8, 4) is 0 Å². The lowest BCUT2D eigenvalue weighted by Crippen LogP contribution is -2.45. The first kappa shape index (κ1) is 21.0. The number of carbonyl (C=O) groups excluding carboxylic acids is 2. The van der Waals surface area contributed by atoms with Crippen molar-refractivity contribution in [1.82, 2.24) is 9.73 Å². The van der Waals surface area contributed by atoms with Crippen LogP contribution < -0.4 is 5.43 Å². The van der Waals surface area contributed by atoms with Crippen molar-refractivity contribution in [2.45, 2.75) is 38.1 Å². The number of sulfonamides is 1. The Kier molecular flexibility index (Phi) is 7.49. The van der Waals surface area contributed by atoms with E-state index in [1.54, 1.807) is 24.3 Å². The van der Waals surface area contributed by atoms with Gasteiger partial charge >= 0.3 is 5.97 Å². The molecule has 0 saturated heterocycles. The molecule has 1 N–H and O–H groups in total. The summed E-state index contributed by atoms with van der Waals surface area (Å²) in [5, 5.41) is 3.85. The first-order chi connectivity index (χ1) is 12.8. The summed E-state index contributed by atoms with van der Waals surface area (Å²) in [6, 6.07) is 6.36. The van der Waals surface area contributed by atoms with E-state index in [2.05, 4.69) is 15.3 Å². The largest absolute Gasteiger partial charge is 0.465 e. The van der Waals surface area contributed by atoms with Gasteiger partial charge in [0.05, 0.1) is 31.7 Å². The highest BCUT2D eigenvalue weighted by Gasteiger charge is 2.29. The third-order valence-corrected chi connectivity index (χ3v) is 5.72. The molecule has 1 aliphatic carbocycles. The lowest BCUT2D eigenvalue weighted by Gasteiger charge is -2.31.